The number of unbranched alkanes of at least 4 members (excludes halogenated alkanes) is 6. The van der Waals surface area contributed by atoms with Crippen LogP contribution in [0.2, 0.25) is 0 Å². The molecule has 0 spiro atoms. The van der Waals surface area contributed by atoms with Crippen LogP contribution in [-0.2, 0) is 23.0 Å². The van der Waals surface area contributed by atoms with Gasteiger partial charge in [-0.25, -0.2) is 8.42 Å². The van der Waals surface area contributed by atoms with Crippen molar-refractivity contribution in [1.82, 2.24) is 0 Å². The Morgan fingerprint density at radius 2 is 1.22 bits per heavy atom. The fourth-order valence-electron chi connectivity index (χ4n) is 2.67. The second-order valence-electron chi connectivity index (χ2n) is 6.06. The van der Waals surface area contributed by atoms with E-state index in [0.29, 0.717) is 0 Å². The molecule has 0 unspecified atom stereocenters. The van der Waals surface area contributed by atoms with Crippen LogP contribution in [0.1, 0.15) is 76.3 Å². The predicted octanol–water partition coefficient (Wildman–Crippen LogP) is 1.84. The van der Waals surface area contributed by atoms with Crippen molar-refractivity contribution < 1.29 is 42.5 Å². The first-order valence-electron chi connectivity index (χ1n) is 8.56. The molecular formula is C18H29NaO3S. The summed E-state index contributed by atoms with van der Waals surface area (Å²) in [4.78, 5) is -0.0639. The number of aryl methyl sites for hydroxylation is 2. The summed E-state index contributed by atoms with van der Waals surface area (Å²) in [5.74, 6) is 0. The van der Waals surface area contributed by atoms with Gasteiger partial charge in [0.1, 0.15) is 10.1 Å². The minimum Gasteiger partial charge on any atom is -0.744 e. The Labute approximate surface area is 164 Å². The van der Waals surface area contributed by atoms with Crippen LogP contribution in [0.25, 0.3) is 0 Å². The molecule has 0 saturated carbocycles. The predicted molar refractivity (Wildman–Crippen MR) is 90.1 cm³/mol. The molecular weight excluding hydrogens is 319 g/mol. The van der Waals surface area contributed by atoms with Crippen LogP contribution in [0, 0.1) is 0 Å². The number of rotatable bonds is 11. The topological polar surface area (TPSA) is 57.2 Å². The Kier molecular flexibility index (Phi) is 12.6. The maximum absolute atomic E-state index is 11.3. The molecule has 0 amide bonds. The van der Waals surface area contributed by atoms with Crippen molar-refractivity contribution in [2.45, 2.75) is 83.0 Å². The van der Waals surface area contributed by atoms with Gasteiger partial charge in [-0.15, -0.1) is 0 Å². The zero-order valence-electron chi connectivity index (χ0n) is 14.9. The first-order chi connectivity index (χ1) is 10.5. The van der Waals surface area contributed by atoms with E-state index in [1.54, 1.807) is 12.1 Å². The molecule has 0 aromatic heterocycles. The van der Waals surface area contributed by atoms with Gasteiger partial charge in [0.05, 0.1) is 4.90 Å². The first-order valence-corrected chi connectivity index (χ1v) is 9.97. The van der Waals surface area contributed by atoms with E-state index in [2.05, 4.69) is 19.9 Å². The van der Waals surface area contributed by atoms with Crippen LogP contribution >= 0.6 is 0 Å². The van der Waals surface area contributed by atoms with Crippen molar-refractivity contribution in [3.63, 3.8) is 0 Å². The molecule has 5 heteroatoms. The molecule has 0 fully saturated rings. The van der Waals surface area contributed by atoms with Crippen LogP contribution in [0.3, 0.4) is 0 Å². The molecule has 0 radical (unpaired) electrons. The third-order valence-electron chi connectivity index (χ3n) is 3.95. The molecule has 23 heavy (non-hydrogen) atoms. The minimum atomic E-state index is -4.37. The van der Waals surface area contributed by atoms with E-state index < -0.39 is 10.1 Å². The second-order valence-corrected chi connectivity index (χ2v) is 7.44. The summed E-state index contributed by atoms with van der Waals surface area (Å²) in [6, 6.07) is 5.19. The molecule has 0 heterocycles. The van der Waals surface area contributed by atoms with Gasteiger partial charge in [-0.2, -0.15) is 0 Å². The molecule has 0 atom stereocenters. The fourth-order valence-corrected chi connectivity index (χ4v) is 3.26. The molecule has 1 aromatic rings. The summed E-state index contributed by atoms with van der Waals surface area (Å²) in [6.07, 6.45) is 10.9. The van der Waals surface area contributed by atoms with Crippen LogP contribution in [0.4, 0.5) is 0 Å². The monoisotopic (exact) mass is 348 g/mol. The van der Waals surface area contributed by atoms with E-state index >= 15 is 0 Å². The number of hydrogen-bond donors (Lipinski definition) is 0. The van der Waals surface area contributed by atoms with E-state index in [0.717, 1.165) is 49.7 Å². The fraction of sp³-hybridized carbons (Fsp3) is 0.667. The summed E-state index contributed by atoms with van der Waals surface area (Å²) in [6.45, 7) is 4.33. The Morgan fingerprint density at radius 3 is 1.57 bits per heavy atom. The van der Waals surface area contributed by atoms with E-state index in [-0.39, 0.29) is 34.5 Å². The normalized spacial score (nSPS) is 11.3. The second kappa shape index (κ2) is 12.5. The summed E-state index contributed by atoms with van der Waals surface area (Å²) >= 11 is 0. The zero-order chi connectivity index (χ0) is 16.4. The molecule has 0 N–H and O–H groups in total. The Balaban J connectivity index is 0.00000484. The maximum atomic E-state index is 11.3. The van der Waals surface area contributed by atoms with Gasteiger partial charge in [0.2, 0.25) is 0 Å². The van der Waals surface area contributed by atoms with Gasteiger partial charge in [-0.1, -0.05) is 58.4 Å². The smallest absolute Gasteiger partial charge is 0.744 e. The van der Waals surface area contributed by atoms with Crippen LogP contribution in [0.15, 0.2) is 23.1 Å². The van der Waals surface area contributed by atoms with Gasteiger partial charge >= 0.3 is 29.6 Å². The van der Waals surface area contributed by atoms with E-state index in [1.807, 2.05) is 0 Å². The largest absolute Gasteiger partial charge is 1.00 e. The summed E-state index contributed by atoms with van der Waals surface area (Å²) in [5, 5.41) is 0. The van der Waals surface area contributed by atoms with Crippen molar-refractivity contribution in [2.24, 2.45) is 0 Å². The molecule has 1 aromatic carbocycles. The number of benzene rings is 1. The Hall–Kier alpha value is 0.130. The average Bonchev–Trinajstić information content (AvgIpc) is 2.47. The van der Waals surface area contributed by atoms with Crippen molar-refractivity contribution in [1.29, 1.82) is 0 Å². The van der Waals surface area contributed by atoms with E-state index in [4.69, 9.17) is 0 Å². The van der Waals surface area contributed by atoms with Crippen molar-refractivity contribution in [2.75, 3.05) is 0 Å². The molecule has 3 nitrogen and oxygen atoms in total. The molecule has 0 saturated heterocycles. The molecule has 1 rings (SSSR count). The molecule has 0 aliphatic rings. The van der Waals surface area contributed by atoms with Crippen molar-refractivity contribution >= 4 is 10.1 Å². The standard InChI is InChI=1S/C18H30O3S.Na/c1-3-5-7-9-11-16-13-17(12-10-8-6-4-2)15-18(14-16)22(19,20)21;/h13-15H,3-12H2,1-2H3,(H,19,20,21);/q;+1/p-1. The minimum absolute atomic E-state index is 0. The molecule has 0 bridgehead atoms. The van der Waals surface area contributed by atoms with E-state index in [1.165, 1.54) is 25.7 Å². The van der Waals surface area contributed by atoms with E-state index in [9.17, 15) is 13.0 Å². The SMILES string of the molecule is CCCCCCc1cc(CCCCCC)cc(S(=O)(=O)[O-])c1.[Na+]. The average molecular weight is 348 g/mol. The van der Waals surface area contributed by atoms with Gasteiger partial charge < -0.3 is 4.55 Å². The van der Waals surface area contributed by atoms with Gasteiger partial charge in [0, 0.05) is 0 Å². The van der Waals surface area contributed by atoms with Gasteiger partial charge in [0.15, 0.2) is 0 Å². The molecule has 0 aliphatic heterocycles. The summed E-state index contributed by atoms with van der Waals surface area (Å²) in [5.41, 5.74) is 1.97. The molecule has 0 aliphatic carbocycles. The van der Waals surface area contributed by atoms with Gasteiger partial charge in [-0.05, 0) is 48.9 Å². The Bertz CT molecular complexity index is 511. The Morgan fingerprint density at radius 1 is 0.783 bits per heavy atom. The maximum Gasteiger partial charge on any atom is 1.00 e. The van der Waals surface area contributed by atoms with Crippen LogP contribution < -0.4 is 29.6 Å². The summed E-state index contributed by atoms with van der Waals surface area (Å²) in [7, 11) is -4.37. The van der Waals surface area contributed by atoms with Crippen LogP contribution in [-0.4, -0.2) is 13.0 Å². The quantitative estimate of drug-likeness (QED) is 0.348. The van der Waals surface area contributed by atoms with Crippen LogP contribution in [0.5, 0.6) is 0 Å². The first kappa shape index (κ1) is 23.1. The number of hydrogen-bond acceptors (Lipinski definition) is 3. The van der Waals surface area contributed by atoms with Gasteiger partial charge in [-0.3, -0.25) is 0 Å². The van der Waals surface area contributed by atoms with Gasteiger partial charge in [0.25, 0.3) is 0 Å². The summed E-state index contributed by atoms with van der Waals surface area (Å²) < 4.78 is 34.0. The zero-order valence-corrected chi connectivity index (χ0v) is 17.8. The molecule has 126 valence electrons. The van der Waals surface area contributed by atoms with Crippen molar-refractivity contribution in [3.8, 4) is 0 Å². The third kappa shape index (κ3) is 9.88. The van der Waals surface area contributed by atoms with Crippen molar-refractivity contribution in [3.05, 3.63) is 29.3 Å². The third-order valence-corrected chi connectivity index (χ3v) is 4.77.